The third-order valence-corrected chi connectivity index (χ3v) is 3.12. The number of carboxylic acid groups (broad SMARTS) is 1. The summed E-state index contributed by atoms with van der Waals surface area (Å²) in [5.74, 6) is -0.185. The summed E-state index contributed by atoms with van der Waals surface area (Å²) in [7, 11) is 0. The highest BCUT2D eigenvalue weighted by atomic mass is 35.5. The van der Waals surface area contributed by atoms with Crippen LogP contribution in [0.1, 0.15) is 36.0 Å². The molecule has 0 unspecified atom stereocenters. The maximum absolute atomic E-state index is 10.7. The summed E-state index contributed by atoms with van der Waals surface area (Å²) in [6.07, 6.45) is 4.16. The SMILES string of the molecule is Cl.NC1CCC(Oc2ccc(C(=O)O)cc2)CC1. The molecule has 5 heteroatoms. The molecule has 0 atom stereocenters. The van der Waals surface area contributed by atoms with Gasteiger partial charge in [-0.1, -0.05) is 0 Å². The average molecular weight is 272 g/mol. The van der Waals surface area contributed by atoms with Gasteiger partial charge in [0.15, 0.2) is 0 Å². The van der Waals surface area contributed by atoms with E-state index >= 15 is 0 Å². The highest BCUT2D eigenvalue weighted by Gasteiger charge is 2.19. The number of aromatic carboxylic acids is 1. The van der Waals surface area contributed by atoms with E-state index < -0.39 is 5.97 Å². The number of carbonyl (C=O) groups is 1. The van der Waals surface area contributed by atoms with Gasteiger partial charge in [-0.05, 0) is 49.9 Å². The van der Waals surface area contributed by atoms with Gasteiger partial charge in [-0.25, -0.2) is 4.79 Å². The van der Waals surface area contributed by atoms with Gasteiger partial charge in [0.05, 0.1) is 11.7 Å². The number of ether oxygens (including phenoxy) is 1. The Morgan fingerprint density at radius 3 is 2.22 bits per heavy atom. The van der Waals surface area contributed by atoms with E-state index in [0.29, 0.717) is 6.04 Å². The molecule has 1 saturated carbocycles. The number of hydrogen-bond donors (Lipinski definition) is 2. The molecule has 1 aliphatic rings. The molecule has 2 rings (SSSR count). The van der Waals surface area contributed by atoms with Gasteiger partial charge in [0.25, 0.3) is 0 Å². The molecule has 1 aliphatic carbocycles. The van der Waals surface area contributed by atoms with Crippen LogP contribution in [0.15, 0.2) is 24.3 Å². The molecule has 1 aromatic carbocycles. The highest BCUT2D eigenvalue weighted by Crippen LogP contribution is 2.23. The van der Waals surface area contributed by atoms with Crippen LogP contribution >= 0.6 is 12.4 Å². The van der Waals surface area contributed by atoms with Crippen molar-refractivity contribution >= 4 is 18.4 Å². The first kappa shape index (κ1) is 14.8. The Morgan fingerprint density at radius 2 is 1.72 bits per heavy atom. The Balaban J connectivity index is 0.00000162. The molecule has 0 aliphatic heterocycles. The second-order valence-corrected chi connectivity index (χ2v) is 4.48. The number of benzene rings is 1. The van der Waals surface area contributed by atoms with Crippen LogP contribution < -0.4 is 10.5 Å². The fourth-order valence-corrected chi connectivity index (χ4v) is 2.07. The minimum atomic E-state index is -0.916. The summed E-state index contributed by atoms with van der Waals surface area (Å²) >= 11 is 0. The minimum absolute atomic E-state index is 0. The van der Waals surface area contributed by atoms with Crippen molar-refractivity contribution in [3.63, 3.8) is 0 Å². The zero-order chi connectivity index (χ0) is 12.3. The van der Waals surface area contributed by atoms with Crippen molar-refractivity contribution in [1.29, 1.82) is 0 Å². The van der Waals surface area contributed by atoms with Crippen molar-refractivity contribution in [2.24, 2.45) is 5.73 Å². The lowest BCUT2D eigenvalue weighted by Crippen LogP contribution is -2.31. The van der Waals surface area contributed by atoms with Crippen LogP contribution in [0.3, 0.4) is 0 Å². The van der Waals surface area contributed by atoms with E-state index in [1.54, 1.807) is 24.3 Å². The predicted molar refractivity (Wildman–Crippen MR) is 71.5 cm³/mol. The summed E-state index contributed by atoms with van der Waals surface area (Å²) in [4.78, 5) is 10.7. The number of nitrogens with two attached hydrogens (primary N) is 1. The molecule has 0 spiro atoms. The van der Waals surface area contributed by atoms with Gasteiger partial charge < -0.3 is 15.6 Å². The summed E-state index contributed by atoms with van der Waals surface area (Å²) in [6.45, 7) is 0. The first-order valence-electron chi connectivity index (χ1n) is 5.91. The topological polar surface area (TPSA) is 72.5 Å². The largest absolute Gasteiger partial charge is 0.490 e. The van der Waals surface area contributed by atoms with Gasteiger partial charge in [0.2, 0.25) is 0 Å². The molecule has 0 heterocycles. The average Bonchev–Trinajstić information content (AvgIpc) is 2.33. The summed E-state index contributed by atoms with van der Waals surface area (Å²) in [5, 5.41) is 8.77. The molecule has 0 aromatic heterocycles. The maximum Gasteiger partial charge on any atom is 0.335 e. The van der Waals surface area contributed by atoms with E-state index in [0.717, 1.165) is 31.4 Å². The van der Waals surface area contributed by atoms with E-state index in [-0.39, 0.29) is 24.1 Å². The van der Waals surface area contributed by atoms with Crippen LogP contribution in [0.2, 0.25) is 0 Å². The lowest BCUT2D eigenvalue weighted by Gasteiger charge is -2.26. The Kier molecular flexibility index (Phi) is 5.44. The molecular weight excluding hydrogens is 254 g/mol. The van der Waals surface area contributed by atoms with E-state index in [9.17, 15) is 4.79 Å². The minimum Gasteiger partial charge on any atom is -0.490 e. The van der Waals surface area contributed by atoms with Gasteiger partial charge in [0.1, 0.15) is 5.75 Å². The molecule has 4 nitrogen and oxygen atoms in total. The third kappa shape index (κ3) is 3.89. The Bertz CT molecular complexity index is 386. The molecule has 0 saturated heterocycles. The van der Waals surface area contributed by atoms with Crippen LogP contribution in [-0.4, -0.2) is 23.2 Å². The van der Waals surface area contributed by atoms with Gasteiger partial charge in [0, 0.05) is 6.04 Å². The summed E-state index contributed by atoms with van der Waals surface area (Å²) in [6, 6.07) is 6.85. The first-order chi connectivity index (χ1) is 8.15. The highest BCUT2D eigenvalue weighted by molar-refractivity contribution is 5.87. The number of carboxylic acids is 1. The van der Waals surface area contributed by atoms with Crippen LogP contribution in [0, 0.1) is 0 Å². The third-order valence-electron chi connectivity index (χ3n) is 3.12. The zero-order valence-corrected chi connectivity index (χ0v) is 10.9. The number of hydrogen-bond acceptors (Lipinski definition) is 3. The zero-order valence-electron chi connectivity index (χ0n) is 10.0. The number of rotatable bonds is 3. The van der Waals surface area contributed by atoms with Crippen molar-refractivity contribution in [3.8, 4) is 5.75 Å². The van der Waals surface area contributed by atoms with Crippen molar-refractivity contribution in [3.05, 3.63) is 29.8 Å². The van der Waals surface area contributed by atoms with E-state index in [1.165, 1.54) is 0 Å². The normalized spacial score (nSPS) is 22.9. The smallest absolute Gasteiger partial charge is 0.335 e. The number of halogens is 1. The molecule has 100 valence electrons. The second kappa shape index (κ2) is 6.61. The van der Waals surface area contributed by atoms with Crippen molar-refractivity contribution in [2.75, 3.05) is 0 Å². The molecule has 0 radical (unpaired) electrons. The van der Waals surface area contributed by atoms with Crippen molar-refractivity contribution in [2.45, 2.75) is 37.8 Å². The Labute approximate surface area is 113 Å². The molecule has 1 fully saturated rings. The lowest BCUT2D eigenvalue weighted by molar-refractivity contribution is 0.0697. The second-order valence-electron chi connectivity index (χ2n) is 4.48. The lowest BCUT2D eigenvalue weighted by atomic mass is 9.94. The maximum atomic E-state index is 10.7. The molecular formula is C13H18ClNO3. The first-order valence-corrected chi connectivity index (χ1v) is 5.91. The quantitative estimate of drug-likeness (QED) is 0.886. The van der Waals surface area contributed by atoms with E-state index in [2.05, 4.69) is 0 Å². The molecule has 0 amide bonds. The molecule has 1 aromatic rings. The standard InChI is InChI=1S/C13H17NO3.ClH/c14-10-3-7-12(8-4-10)17-11-5-1-9(2-6-11)13(15)16;/h1-2,5-6,10,12H,3-4,7-8,14H2,(H,15,16);1H. The van der Waals surface area contributed by atoms with E-state index in [4.69, 9.17) is 15.6 Å². The van der Waals surface area contributed by atoms with Crippen molar-refractivity contribution in [1.82, 2.24) is 0 Å². The van der Waals surface area contributed by atoms with Crippen LogP contribution in [0.25, 0.3) is 0 Å². The molecule has 3 N–H and O–H groups in total. The Hall–Kier alpha value is -1.26. The van der Waals surface area contributed by atoms with Crippen LogP contribution in [-0.2, 0) is 0 Å². The predicted octanol–water partition coefficient (Wildman–Crippen LogP) is 2.46. The fraction of sp³-hybridized carbons (Fsp3) is 0.462. The van der Waals surface area contributed by atoms with Gasteiger partial charge in [-0.15, -0.1) is 12.4 Å². The monoisotopic (exact) mass is 271 g/mol. The van der Waals surface area contributed by atoms with Gasteiger partial charge >= 0.3 is 5.97 Å². The molecule has 0 bridgehead atoms. The van der Waals surface area contributed by atoms with Gasteiger partial charge in [-0.3, -0.25) is 0 Å². The molecule has 18 heavy (non-hydrogen) atoms. The summed E-state index contributed by atoms with van der Waals surface area (Å²) < 4.78 is 5.79. The fourth-order valence-electron chi connectivity index (χ4n) is 2.07. The summed E-state index contributed by atoms with van der Waals surface area (Å²) in [5.41, 5.74) is 6.10. The van der Waals surface area contributed by atoms with Gasteiger partial charge in [-0.2, -0.15) is 0 Å². The Morgan fingerprint density at radius 1 is 1.17 bits per heavy atom. The van der Waals surface area contributed by atoms with Crippen molar-refractivity contribution < 1.29 is 14.6 Å². The van der Waals surface area contributed by atoms with Crippen LogP contribution in [0.4, 0.5) is 0 Å². The van der Waals surface area contributed by atoms with Crippen LogP contribution in [0.5, 0.6) is 5.75 Å². The van der Waals surface area contributed by atoms with E-state index in [1.807, 2.05) is 0 Å².